The van der Waals surface area contributed by atoms with Gasteiger partial charge >= 0.3 is 6.09 Å². The quantitative estimate of drug-likeness (QED) is 0.340. The van der Waals surface area contributed by atoms with E-state index in [1.54, 1.807) is 74.2 Å². The molecular formula is C30H40N6O5. The summed E-state index contributed by atoms with van der Waals surface area (Å²) in [6, 6.07) is 13.4. The molecule has 1 aliphatic rings. The molecule has 11 heteroatoms. The van der Waals surface area contributed by atoms with Crippen LogP contribution in [0.5, 0.6) is 0 Å². The number of azo groups is 1. The van der Waals surface area contributed by atoms with Gasteiger partial charge in [0.05, 0.1) is 11.4 Å². The lowest BCUT2D eigenvalue weighted by Gasteiger charge is -2.27. The largest absolute Gasteiger partial charge is 0.444 e. The second kappa shape index (κ2) is 14.4. The lowest BCUT2D eigenvalue weighted by molar-refractivity contribution is -0.134. The van der Waals surface area contributed by atoms with Gasteiger partial charge in [-0.2, -0.15) is 10.2 Å². The number of anilines is 2. The van der Waals surface area contributed by atoms with Crippen LogP contribution in [-0.2, 0) is 19.1 Å². The molecule has 0 unspecified atom stereocenters. The number of ether oxygens (including phenoxy) is 1. The summed E-state index contributed by atoms with van der Waals surface area (Å²) in [5.41, 5.74) is 1.73. The minimum atomic E-state index is -0.644. The maximum absolute atomic E-state index is 12.6. The molecule has 41 heavy (non-hydrogen) atoms. The average molecular weight is 565 g/mol. The number of nitrogens with zero attached hydrogens (tertiary/aromatic N) is 4. The van der Waals surface area contributed by atoms with E-state index in [4.69, 9.17) is 4.74 Å². The molecule has 0 spiro atoms. The fraction of sp³-hybridized carbons (Fsp3) is 0.467. The average Bonchev–Trinajstić information content (AvgIpc) is 3.41. The molecule has 0 aromatic heterocycles. The first-order valence-corrected chi connectivity index (χ1v) is 13.9. The number of amides is 4. The van der Waals surface area contributed by atoms with Crippen LogP contribution in [-0.4, -0.2) is 64.9 Å². The monoisotopic (exact) mass is 564 g/mol. The van der Waals surface area contributed by atoms with Crippen LogP contribution in [0.15, 0.2) is 58.8 Å². The van der Waals surface area contributed by atoms with Crippen molar-refractivity contribution < 1.29 is 23.9 Å². The first-order chi connectivity index (χ1) is 19.4. The Balaban J connectivity index is 1.52. The van der Waals surface area contributed by atoms with Crippen molar-refractivity contribution in [3.8, 4) is 0 Å². The van der Waals surface area contributed by atoms with E-state index in [2.05, 4.69) is 20.9 Å². The van der Waals surface area contributed by atoms with E-state index in [0.29, 0.717) is 42.3 Å². The Bertz CT molecular complexity index is 1240. The first-order valence-electron chi connectivity index (χ1n) is 13.9. The van der Waals surface area contributed by atoms with E-state index in [9.17, 15) is 19.2 Å². The molecule has 2 aromatic carbocycles. The number of carbonyl (C=O) groups excluding carboxylic acids is 4. The minimum absolute atomic E-state index is 0.0962. The molecule has 2 N–H and O–H groups in total. The Hall–Kier alpha value is -4.28. The van der Waals surface area contributed by atoms with Gasteiger partial charge in [0.15, 0.2) is 0 Å². The summed E-state index contributed by atoms with van der Waals surface area (Å²) in [5.74, 6) is -0.616. The zero-order chi connectivity index (χ0) is 30.0. The lowest BCUT2D eigenvalue weighted by Crippen LogP contribution is -2.42. The smallest absolute Gasteiger partial charge is 0.410 e. The van der Waals surface area contributed by atoms with Gasteiger partial charge in [-0.15, -0.1) is 0 Å². The standard InChI is InChI=1S/C30H40N6O5/c1-6-7-18-35(29(40)41-30(3,4)5)20-27(38)31-22-10-14-24(15-11-22)33-34-25-16-12-23(13-17-25)32-28(39)26-9-8-19-36(26)21(2)37/h10-17,26H,6-9,18-20H2,1-5H3,(H,31,38)(H,32,39)/b34-33+/t26-/m0/s1. The molecule has 0 bridgehead atoms. The number of carbonyl (C=O) groups is 4. The molecule has 220 valence electrons. The van der Waals surface area contributed by atoms with Gasteiger partial charge in [0.2, 0.25) is 17.7 Å². The predicted octanol–water partition coefficient (Wildman–Crippen LogP) is 6.03. The lowest BCUT2D eigenvalue weighted by atomic mass is 10.2. The van der Waals surface area contributed by atoms with Crippen LogP contribution < -0.4 is 10.6 Å². The van der Waals surface area contributed by atoms with E-state index < -0.39 is 17.7 Å². The third-order valence-corrected chi connectivity index (χ3v) is 6.29. The van der Waals surface area contributed by atoms with Crippen LogP contribution in [0.25, 0.3) is 0 Å². The second-order valence-corrected chi connectivity index (χ2v) is 11.0. The van der Waals surface area contributed by atoms with Crippen LogP contribution in [0.4, 0.5) is 27.5 Å². The third-order valence-electron chi connectivity index (χ3n) is 6.29. The van der Waals surface area contributed by atoms with Crippen molar-refractivity contribution >= 4 is 46.6 Å². The molecule has 2 aromatic rings. The summed E-state index contributed by atoms with van der Waals surface area (Å²) in [6.07, 6.45) is 2.61. The summed E-state index contributed by atoms with van der Waals surface area (Å²) < 4.78 is 5.44. The molecule has 1 saturated heterocycles. The number of benzene rings is 2. The topological polar surface area (TPSA) is 133 Å². The van der Waals surface area contributed by atoms with Gasteiger partial charge in [-0.3, -0.25) is 19.3 Å². The number of rotatable bonds is 10. The molecule has 0 aliphatic carbocycles. The highest BCUT2D eigenvalue weighted by atomic mass is 16.6. The summed E-state index contributed by atoms with van der Waals surface area (Å²) in [4.78, 5) is 52.5. The minimum Gasteiger partial charge on any atom is -0.444 e. The summed E-state index contributed by atoms with van der Waals surface area (Å²) in [6.45, 7) is 9.80. The van der Waals surface area contributed by atoms with Gasteiger partial charge in [0.1, 0.15) is 18.2 Å². The Morgan fingerprint density at radius 3 is 2.02 bits per heavy atom. The van der Waals surface area contributed by atoms with Crippen LogP contribution in [0.1, 0.15) is 60.3 Å². The summed E-state index contributed by atoms with van der Waals surface area (Å²) in [7, 11) is 0. The van der Waals surface area contributed by atoms with Crippen molar-refractivity contribution in [1.29, 1.82) is 0 Å². The fourth-order valence-corrected chi connectivity index (χ4v) is 4.26. The molecule has 0 radical (unpaired) electrons. The zero-order valence-corrected chi connectivity index (χ0v) is 24.5. The second-order valence-electron chi connectivity index (χ2n) is 11.0. The first kappa shape index (κ1) is 31.3. The number of unbranched alkanes of at least 4 members (excludes halogenated alkanes) is 1. The van der Waals surface area contributed by atoms with E-state index in [1.165, 1.54) is 11.8 Å². The zero-order valence-electron chi connectivity index (χ0n) is 24.5. The maximum atomic E-state index is 12.6. The van der Waals surface area contributed by atoms with Gasteiger partial charge in [-0.1, -0.05) is 13.3 Å². The summed E-state index contributed by atoms with van der Waals surface area (Å²) in [5, 5.41) is 14.1. The molecular weight excluding hydrogens is 524 g/mol. The SMILES string of the molecule is CCCCN(CC(=O)Nc1ccc(/N=N/c2ccc(NC(=O)[C@@H]3CCCN3C(C)=O)cc2)cc1)C(=O)OC(C)(C)C. The summed E-state index contributed by atoms with van der Waals surface area (Å²) >= 11 is 0. The molecule has 1 aliphatic heterocycles. The molecule has 4 amide bonds. The normalized spacial score (nSPS) is 15.0. The van der Waals surface area contributed by atoms with Crippen molar-refractivity contribution in [2.45, 2.75) is 71.9 Å². The number of nitrogens with one attached hydrogen (secondary N) is 2. The Kier molecular flexibility index (Phi) is 11.0. The van der Waals surface area contributed by atoms with Crippen molar-refractivity contribution in [1.82, 2.24) is 9.80 Å². The predicted molar refractivity (Wildman–Crippen MR) is 157 cm³/mol. The van der Waals surface area contributed by atoms with Gasteiger partial charge in [0, 0.05) is 31.4 Å². The van der Waals surface area contributed by atoms with E-state index in [-0.39, 0.29) is 24.3 Å². The number of hydrogen-bond donors (Lipinski definition) is 2. The molecule has 3 rings (SSSR count). The molecule has 1 fully saturated rings. The van der Waals surface area contributed by atoms with Crippen LogP contribution >= 0.6 is 0 Å². The Morgan fingerprint density at radius 1 is 0.951 bits per heavy atom. The number of likely N-dealkylation sites (tertiary alicyclic amines) is 1. The highest BCUT2D eigenvalue weighted by Crippen LogP contribution is 2.23. The van der Waals surface area contributed by atoms with Crippen LogP contribution in [0.2, 0.25) is 0 Å². The van der Waals surface area contributed by atoms with Crippen molar-refractivity contribution in [2.75, 3.05) is 30.3 Å². The molecule has 1 atom stereocenters. The Labute approximate surface area is 241 Å². The highest BCUT2D eigenvalue weighted by Gasteiger charge is 2.32. The van der Waals surface area contributed by atoms with Gasteiger partial charge in [-0.25, -0.2) is 4.79 Å². The third kappa shape index (κ3) is 10.0. The van der Waals surface area contributed by atoms with Crippen LogP contribution in [0, 0.1) is 0 Å². The van der Waals surface area contributed by atoms with Crippen molar-refractivity contribution in [2.24, 2.45) is 10.2 Å². The van der Waals surface area contributed by atoms with Crippen LogP contribution in [0.3, 0.4) is 0 Å². The van der Waals surface area contributed by atoms with Gasteiger partial charge in [-0.05, 0) is 88.6 Å². The van der Waals surface area contributed by atoms with Crippen molar-refractivity contribution in [3.63, 3.8) is 0 Å². The van der Waals surface area contributed by atoms with Crippen molar-refractivity contribution in [3.05, 3.63) is 48.5 Å². The molecule has 1 heterocycles. The van der Waals surface area contributed by atoms with E-state index >= 15 is 0 Å². The highest BCUT2D eigenvalue weighted by molar-refractivity contribution is 5.97. The van der Waals surface area contributed by atoms with Gasteiger partial charge in [0.25, 0.3) is 0 Å². The van der Waals surface area contributed by atoms with Gasteiger partial charge < -0.3 is 20.3 Å². The molecule has 11 nitrogen and oxygen atoms in total. The van der Waals surface area contributed by atoms with E-state index in [0.717, 1.165) is 19.3 Å². The number of hydrogen-bond acceptors (Lipinski definition) is 7. The molecule has 0 saturated carbocycles. The fourth-order valence-electron chi connectivity index (χ4n) is 4.26. The maximum Gasteiger partial charge on any atom is 0.410 e. The Morgan fingerprint density at radius 2 is 1.51 bits per heavy atom. The van der Waals surface area contributed by atoms with E-state index in [1.807, 2.05) is 6.92 Å².